The fraction of sp³-hybridized carbons (Fsp3) is 0.118. The summed E-state index contributed by atoms with van der Waals surface area (Å²) < 4.78 is 0. The fourth-order valence-electron chi connectivity index (χ4n) is 2.10. The van der Waals surface area contributed by atoms with Crippen molar-refractivity contribution >= 4 is 17.5 Å². The molecular weight excluding hydrogens is 268 g/mol. The van der Waals surface area contributed by atoms with E-state index in [9.17, 15) is 19.5 Å². The lowest BCUT2D eigenvalue weighted by atomic mass is 9.91. The zero-order chi connectivity index (χ0) is 15.2. The molecule has 4 nitrogen and oxygen atoms in total. The van der Waals surface area contributed by atoms with Gasteiger partial charge >= 0.3 is 5.97 Å². The van der Waals surface area contributed by atoms with E-state index in [2.05, 4.69) is 0 Å². The molecule has 4 heteroatoms. The van der Waals surface area contributed by atoms with Crippen LogP contribution in [0.25, 0.3) is 0 Å². The highest BCUT2D eigenvalue weighted by Gasteiger charge is 2.29. The Kier molecular flexibility index (Phi) is 4.61. The molecule has 106 valence electrons. The second kappa shape index (κ2) is 6.61. The van der Waals surface area contributed by atoms with Gasteiger partial charge in [0.25, 0.3) is 0 Å². The van der Waals surface area contributed by atoms with E-state index in [1.807, 2.05) is 0 Å². The third-order valence-corrected chi connectivity index (χ3v) is 3.13. The standard InChI is InChI=1S/C17H14O4/c18-14(12-7-3-1-4-8-12)11-15(19)16(17(20)21)13-9-5-2-6-10-13/h1-10,16H,11H2,(H,20,21). The summed E-state index contributed by atoms with van der Waals surface area (Å²) in [7, 11) is 0. The molecule has 21 heavy (non-hydrogen) atoms. The third-order valence-electron chi connectivity index (χ3n) is 3.13. The van der Waals surface area contributed by atoms with Crippen molar-refractivity contribution in [3.8, 4) is 0 Å². The maximum Gasteiger partial charge on any atom is 0.318 e. The second-order valence-corrected chi connectivity index (χ2v) is 4.61. The summed E-state index contributed by atoms with van der Waals surface area (Å²) in [6.07, 6.45) is -0.421. The Morgan fingerprint density at radius 3 is 1.90 bits per heavy atom. The largest absolute Gasteiger partial charge is 0.480 e. The Morgan fingerprint density at radius 1 is 0.857 bits per heavy atom. The van der Waals surface area contributed by atoms with Gasteiger partial charge in [-0.15, -0.1) is 0 Å². The fourth-order valence-corrected chi connectivity index (χ4v) is 2.10. The van der Waals surface area contributed by atoms with Crippen molar-refractivity contribution in [1.82, 2.24) is 0 Å². The van der Waals surface area contributed by atoms with E-state index in [-0.39, 0.29) is 5.78 Å². The van der Waals surface area contributed by atoms with Crippen molar-refractivity contribution in [3.63, 3.8) is 0 Å². The van der Waals surface area contributed by atoms with Crippen molar-refractivity contribution in [3.05, 3.63) is 71.8 Å². The minimum absolute atomic E-state index is 0.372. The first-order chi connectivity index (χ1) is 10.1. The van der Waals surface area contributed by atoms with E-state index in [4.69, 9.17) is 0 Å². The van der Waals surface area contributed by atoms with Crippen LogP contribution in [-0.2, 0) is 9.59 Å². The summed E-state index contributed by atoms with van der Waals surface area (Å²) in [5.41, 5.74) is 0.791. The molecule has 1 N–H and O–H groups in total. The predicted octanol–water partition coefficient (Wildman–Crippen LogP) is 2.70. The number of carboxylic acid groups (broad SMARTS) is 1. The first-order valence-corrected chi connectivity index (χ1v) is 6.48. The number of ketones is 2. The monoisotopic (exact) mass is 282 g/mol. The average molecular weight is 282 g/mol. The molecule has 0 radical (unpaired) electrons. The predicted molar refractivity (Wildman–Crippen MR) is 77.2 cm³/mol. The van der Waals surface area contributed by atoms with E-state index in [1.54, 1.807) is 60.7 Å². The zero-order valence-corrected chi connectivity index (χ0v) is 11.2. The zero-order valence-electron chi connectivity index (χ0n) is 11.2. The van der Waals surface area contributed by atoms with E-state index < -0.39 is 24.1 Å². The number of hydrogen-bond donors (Lipinski definition) is 1. The third kappa shape index (κ3) is 3.63. The van der Waals surface area contributed by atoms with Crippen molar-refractivity contribution < 1.29 is 19.5 Å². The Balaban J connectivity index is 2.17. The number of hydrogen-bond acceptors (Lipinski definition) is 3. The molecule has 0 amide bonds. The first-order valence-electron chi connectivity index (χ1n) is 6.48. The molecule has 2 aromatic rings. The quantitative estimate of drug-likeness (QED) is 0.653. The summed E-state index contributed by atoms with van der Waals surface area (Å²) >= 11 is 0. The van der Waals surface area contributed by atoms with Crippen LogP contribution in [0.3, 0.4) is 0 Å². The SMILES string of the molecule is O=C(CC(=O)C(C(=O)O)c1ccccc1)c1ccccc1. The molecular formula is C17H14O4. The summed E-state index contributed by atoms with van der Waals surface area (Å²) in [6.45, 7) is 0. The Hall–Kier alpha value is -2.75. The van der Waals surface area contributed by atoms with Gasteiger partial charge in [-0.05, 0) is 5.56 Å². The van der Waals surface area contributed by atoms with E-state index in [0.29, 0.717) is 11.1 Å². The van der Waals surface area contributed by atoms with Crippen LogP contribution in [0.2, 0.25) is 0 Å². The average Bonchev–Trinajstić information content (AvgIpc) is 2.49. The highest BCUT2D eigenvalue weighted by Crippen LogP contribution is 2.19. The van der Waals surface area contributed by atoms with Gasteiger partial charge in [-0.25, -0.2) is 0 Å². The first kappa shape index (κ1) is 14.7. The molecule has 0 heterocycles. The summed E-state index contributed by atoms with van der Waals surface area (Å²) in [4.78, 5) is 35.5. The van der Waals surface area contributed by atoms with Gasteiger partial charge in [-0.1, -0.05) is 60.7 Å². The highest BCUT2D eigenvalue weighted by molar-refractivity contribution is 6.15. The number of carbonyl (C=O) groups is 3. The molecule has 0 bridgehead atoms. The van der Waals surface area contributed by atoms with Crippen LogP contribution in [0.4, 0.5) is 0 Å². The van der Waals surface area contributed by atoms with Crippen molar-refractivity contribution in [1.29, 1.82) is 0 Å². The van der Waals surface area contributed by atoms with Crippen LogP contribution >= 0.6 is 0 Å². The molecule has 0 spiro atoms. The van der Waals surface area contributed by atoms with Crippen LogP contribution in [0.15, 0.2) is 60.7 Å². The van der Waals surface area contributed by atoms with Gasteiger partial charge in [0.05, 0.1) is 6.42 Å². The van der Waals surface area contributed by atoms with E-state index in [0.717, 1.165) is 0 Å². The van der Waals surface area contributed by atoms with Gasteiger partial charge in [-0.2, -0.15) is 0 Å². The molecule has 0 aliphatic rings. The molecule has 1 atom stereocenters. The summed E-state index contributed by atoms with van der Waals surface area (Å²) in [5, 5.41) is 9.25. The molecule has 0 fully saturated rings. The molecule has 0 aliphatic heterocycles. The maximum atomic E-state index is 12.2. The van der Waals surface area contributed by atoms with Gasteiger partial charge in [-0.3, -0.25) is 14.4 Å². The van der Waals surface area contributed by atoms with Crippen molar-refractivity contribution in [2.75, 3.05) is 0 Å². The molecule has 0 saturated heterocycles. The van der Waals surface area contributed by atoms with Crippen molar-refractivity contribution in [2.24, 2.45) is 0 Å². The van der Waals surface area contributed by atoms with Gasteiger partial charge < -0.3 is 5.11 Å². The molecule has 0 aromatic heterocycles. The number of carboxylic acids is 1. The lowest BCUT2D eigenvalue weighted by molar-refractivity contribution is -0.142. The molecule has 2 aromatic carbocycles. The van der Waals surface area contributed by atoms with Crippen molar-refractivity contribution in [2.45, 2.75) is 12.3 Å². The number of rotatable bonds is 6. The normalized spacial score (nSPS) is 11.6. The van der Waals surface area contributed by atoms with Crippen LogP contribution in [-0.4, -0.2) is 22.6 Å². The molecule has 2 rings (SSSR count). The summed E-state index contributed by atoms with van der Waals surface area (Å²) in [5.74, 6) is -3.53. The number of aliphatic carboxylic acids is 1. The minimum atomic E-state index is -1.31. The summed E-state index contributed by atoms with van der Waals surface area (Å²) in [6, 6.07) is 16.6. The van der Waals surface area contributed by atoms with Gasteiger partial charge in [0.2, 0.25) is 0 Å². The second-order valence-electron chi connectivity index (χ2n) is 4.61. The van der Waals surface area contributed by atoms with Crippen LogP contribution in [0.5, 0.6) is 0 Å². The Morgan fingerprint density at radius 2 is 1.38 bits per heavy atom. The Bertz CT molecular complexity index is 647. The Labute approximate surface area is 122 Å². The van der Waals surface area contributed by atoms with Crippen LogP contribution < -0.4 is 0 Å². The van der Waals surface area contributed by atoms with Crippen LogP contribution in [0, 0.1) is 0 Å². The van der Waals surface area contributed by atoms with E-state index >= 15 is 0 Å². The van der Waals surface area contributed by atoms with Crippen LogP contribution in [0.1, 0.15) is 28.3 Å². The maximum absolute atomic E-state index is 12.2. The van der Waals surface area contributed by atoms with E-state index in [1.165, 1.54) is 0 Å². The number of benzene rings is 2. The molecule has 1 unspecified atom stereocenters. The highest BCUT2D eigenvalue weighted by atomic mass is 16.4. The smallest absolute Gasteiger partial charge is 0.318 e. The van der Waals surface area contributed by atoms with Gasteiger partial charge in [0, 0.05) is 5.56 Å². The lowest BCUT2D eigenvalue weighted by Gasteiger charge is -2.11. The topological polar surface area (TPSA) is 71.4 Å². The van der Waals surface area contributed by atoms with Gasteiger partial charge in [0.15, 0.2) is 11.6 Å². The van der Waals surface area contributed by atoms with Gasteiger partial charge in [0.1, 0.15) is 5.92 Å². The molecule has 0 saturated carbocycles. The lowest BCUT2D eigenvalue weighted by Crippen LogP contribution is -2.24. The molecule has 0 aliphatic carbocycles. The number of carbonyl (C=O) groups excluding carboxylic acids is 2. The minimum Gasteiger partial charge on any atom is -0.480 e. The number of Topliss-reactive ketones (excluding diaryl/α,β-unsaturated/α-hetero) is 2.